The first-order valence-corrected chi connectivity index (χ1v) is 8.96. The van der Waals surface area contributed by atoms with Crippen molar-refractivity contribution in [2.45, 2.75) is 46.1 Å². The highest BCUT2D eigenvalue weighted by molar-refractivity contribution is 9.10. The molecule has 0 saturated carbocycles. The van der Waals surface area contributed by atoms with E-state index in [1.54, 1.807) is 0 Å². The van der Waals surface area contributed by atoms with Gasteiger partial charge in [0.05, 0.1) is 10.7 Å². The molecular formula is C17H23BrN2S. The van der Waals surface area contributed by atoms with Gasteiger partial charge in [-0.15, -0.1) is 11.3 Å². The lowest BCUT2D eigenvalue weighted by molar-refractivity contribution is 0.559. The molecule has 2 nitrogen and oxygen atoms in total. The van der Waals surface area contributed by atoms with Gasteiger partial charge in [0.1, 0.15) is 0 Å². The largest absolute Gasteiger partial charge is 0.312 e. The third-order valence-electron chi connectivity index (χ3n) is 3.29. The third kappa shape index (κ3) is 4.38. The first-order valence-electron chi connectivity index (χ1n) is 7.35. The summed E-state index contributed by atoms with van der Waals surface area (Å²) < 4.78 is 1.16. The Morgan fingerprint density at radius 1 is 1.24 bits per heavy atom. The molecule has 4 heteroatoms. The maximum atomic E-state index is 4.93. The van der Waals surface area contributed by atoms with Crippen molar-refractivity contribution in [3.63, 3.8) is 0 Å². The van der Waals surface area contributed by atoms with E-state index < -0.39 is 0 Å². The quantitative estimate of drug-likeness (QED) is 0.813. The van der Waals surface area contributed by atoms with E-state index in [1.807, 2.05) is 17.4 Å². The monoisotopic (exact) mass is 366 g/mol. The molecule has 0 radical (unpaired) electrons. The van der Waals surface area contributed by atoms with Gasteiger partial charge in [0.25, 0.3) is 0 Å². The summed E-state index contributed by atoms with van der Waals surface area (Å²) in [6, 6.07) is 8.38. The predicted octanol–water partition coefficient (Wildman–Crippen LogP) is 4.90. The smallest absolute Gasteiger partial charge is 0.0976 e. The van der Waals surface area contributed by atoms with E-state index in [0.717, 1.165) is 24.0 Å². The molecule has 0 aliphatic carbocycles. The molecule has 1 N–H and O–H groups in total. The summed E-state index contributed by atoms with van der Waals surface area (Å²) in [7, 11) is 0. The van der Waals surface area contributed by atoms with Crippen molar-refractivity contribution in [3.05, 3.63) is 49.9 Å². The molecule has 1 heterocycles. The molecule has 114 valence electrons. The molecule has 2 rings (SSSR count). The summed E-state index contributed by atoms with van der Waals surface area (Å²) in [5.41, 5.74) is 2.62. The first kappa shape index (κ1) is 16.7. The number of hydrogen-bond donors (Lipinski definition) is 1. The Morgan fingerprint density at radius 2 is 1.95 bits per heavy atom. The lowest BCUT2D eigenvalue weighted by Crippen LogP contribution is -2.18. The fraction of sp³-hybridized carbons (Fsp3) is 0.471. The van der Waals surface area contributed by atoms with Crippen molar-refractivity contribution >= 4 is 27.3 Å². The van der Waals surface area contributed by atoms with Crippen LogP contribution in [0.1, 0.15) is 48.8 Å². The number of aromatic nitrogens is 1. The molecule has 21 heavy (non-hydrogen) atoms. The van der Waals surface area contributed by atoms with Crippen LogP contribution in [0.25, 0.3) is 0 Å². The number of hydrogen-bond acceptors (Lipinski definition) is 3. The van der Waals surface area contributed by atoms with Crippen LogP contribution in [0.2, 0.25) is 0 Å². The summed E-state index contributed by atoms with van der Waals surface area (Å²) in [4.78, 5) is 6.30. The Bertz CT molecular complexity index is 599. The van der Waals surface area contributed by atoms with E-state index in [1.165, 1.54) is 21.1 Å². The van der Waals surface area contributed by atoms with Crippen LogP contribution in [0, 0.1) is 0 Å². The summed E-state index contributed by atoms with van der Waals surface area (Å²) in [6.45, 7) is 10.7. The van der Waals surface area contributed by atoms with E-state index in [9.17, 15) is 0 Å². The van der Waals surface area contributed by atoms with Crippen molar-refractivity contribution in [3.8, 4) is 0 Å². The van der Waals surface area contributed by atoms with E-state index in [0.29, 0.717) is 0 Å². The summed E-state index contributed by atoms with van der Waals surface area (Å²) in [5.74, 6) is 0. The molecule has 0 amide bonds. The number of halogens is 1. The number of thiazole rings is 1. The number of nitrogens with one attached hydrogen (secondary N) is 1. The Hall–Kier alpha value is -0.710. The van der Waals surface area contributed by atoms with Crippen LogP contribution < -0.4 is 5.32 Å². The van der Waals surface area contributed by atoms with Gasteiger partial charge in [-0.05, 0) is 18.2 Å². The molecule has 0 fully saturated rings. The Labute approximate surface area is 140 Å². The minimum atomic E-state index is 0.0907. The molecule has 1 aromatic heterocycles. The van der Waals surface area contributed by atoms with E-state index in [-0.39, 0.29) is 5.41 Å². The van der Waals surface area contributed by atoms with Gasteiger partial charge in [0, 0.05) is 27.7 Å². The summed E-state index contributed by atoms with van der Waals surface area (Å²) in [6.07, 6.45) is 0.890. The molecule has 0 aliphatic rings. The number of nitrogens with zero attached hydrogens (tertiary/aromatic N) is 1. The normalized spacial score (nSPS) is 11.9. The van der Waals surface area contributed by atoms with Crippen molar-refractivity contribution < 1.29 is 0 Å². The number of rotatable bonds is 5. The second-order valence-electron chi connectivity index (χ2n) is 6.18. The number of benzene rings is 1. The predicted molar refractivity (Wildman–Crippen MR) is 95.1 cm³/mol. The second-order valence-corrected chi connectivity index (χ2v) is 8.20. The lowest BCUT2D eigenvalue weighted by Gasteiger charge is -2.17. The Kier molecular flexibility index (Phi) is 5.58. The standard InChI is InChI=1S/C17H23BrN2S/c1-5-19-11-14-16(17(2,3)4)20-15(21-14)10-12-8-6-7-9-13(12)18/h6-9,19H,5,10-11H2,1-4H3. The van der Waals surface area contributed by atoms with Gasteiger partial charge in [-0.3, -0.25) is 0 Å². The van der Waals surface area contributed by atoms with Crippen LogP contribution in [0.5, 0.6) is 0 Å². The van der Waals surface area contributed by atoms with Gasteiger partial charge in [0.15, 0.2) is 0 Å². The van der Waals surface area contributed by atoms with Crippen molar-refractivity contribution in [2.75, 3.05) is 6.54 Å². The van der Waals surface area contributed by atoms with E-state index >= 15 is 0 Å². The molecule has 0 spiro atoms. The van der Waals surface area contributed by atoms with Crippen LogP contribution in [0.3, 0.4) is 0 Å². The molecule has 0 unspecified atom stereocenters. The van der Waals surface area contributed by atoms with Crippen molar-refractivity contribution in [1.29, 1.82) is 0 Å². The fourth-order valence-electron chi connectivity index (χ4n) is 2.23. The highest BCUT2D eigenvalue weighted by Crippen LogP contribution is 2.31. The first-order chi connectivity index (χ1) is 9.91. The highest BCUT2D eigenvalue weighted by atomic mass is 79.9. The van der Waals surface area contributed by atoms with Crippen molar-refractivity contribution in [2.24, 2.45) is 0 Å². The minimum Gasteiger partial charge on any atom is -0.312 e. The van der Waals surface area contributed by atoms with Gasteiger partial charge in [-0.2, -0.15) is 0 Å². The zero-order valence-corrected chi connectivity index (χ0v) is 15.6. The molecular weight excluding hydrogens is 344 g/mol. The van der Waals surface area contributed by atoms with E-state index in [4.69, 9.17) is 4.98 Å². The van der Waals surface area contributed by atoms with E-state index in [2.05, 4.69) is 67.1 Å². The van der Waals surface area contributed by atoms with Gasteiger partial charge >= 0.3 is 0 Å². The average Bonchev–Trinajstić information content (AvgIpc) is 2.82. The summed E-state index contributed by atoms with van der Waals surface area (Å²) in [5, 5.41) is 4.62. The van der Waals surface area contributed by atoms with Gasteiger partial charge < -0.3 is 5.32 Å². The molecule has 0 atom stereocenters. The minimum absolute atomic E-state index is 0.0907. The van der Waals surface area contributed by atoms with Crippen LogP contribution in [0.15, 0.2) is 28.7 Å². The zero-order chi connectivity index (χ0) is 15.5. The topological polar surface area (TPSA) is 24.9 Å². The maximum absolute atomic E-state index is 4.93. The van der Waals surface area contributed by atoms with Gasteiger partial charge in [0.2, 0.25) is 0 Å². The SMILES string of the molecule is CCNCc1sc(Cc2ccccc2Br)nc1C(C)(C)C. The third-order valence-corrected chi connectivity index (χ3v) is 5.12. The maximum Gasteiger partial charge on any atom is 0.0976 e. The molecule has 2 aromatic rings. The second kappa shape index (κ2) is 7.03. The molecule has 0 bridgehead atoms. The Balaban J connectivity index is 2.29. The average molecular weight is 367 g/mol. The molecule has 0 saturated heterocycles. The highest BCUT2D eigenvalue weighted by Gasteiger charge is 2.23. The van der Waals surface area contributed by atoms with Crippen LogP contribution >= 0.6 is 27.3 Å². The zero-order valence-electron chi connectivity index (χ0n) is 13.2. The van der Waals surface area contributed by atoms with Crippen LogP contribution in [-0.2, 0) is 18.4 Å². The Morgan fingerprint density at radius 3 is 2.57 bits per heavy atom. The fourth-order valence-corrected chi connectivity index (χ4v) is 3.92. The van der Waals surface area contributed by atoms with Crippen molar-refractivity contribution in [1.82, 2.24) is 10.3 Å². The molecule has 1 aromatic carbocycles. The van der Waals surface area contributed by atoms with Gasteiger partial charge in [-0.1, -0.05) is 61.8 Å². The van der Waals surface area contributed by atoms with Gasteiger partial charge in [-0.25, -0.2) is 4.98 Å². The molecule has 0 aliphatic heterocycles. The summed E-state index contributed by atoms with van der Waals surface area (Å²) >= 11 is 5.46. The van der Waals surface area contributed by atoms with Crippen LogP contribution in [0.4, 0.5) is 0 Å². The van der Waals surface area contributed by atoms with Crippen LogP contribution in [-0.4, -0.2) is 11.5 Å². The lowest BCUT2D eigenvalue weighted by atomic mass is 9.91.